The molecular formula is C30H46O2. The Labute approximate surface area is 197 Å². The van der Waals surface area contributed by atoms with E-state index in [0.29, 0.717) is 5.92 Å². The molecule has 0 N–H and O–H groups in total. The molecule has 1 saturated carbocycles. The van der Waals surface area contributed by atoms with E-state index in [9.17, 15) is 4.79 Å². The molecule has 178 valence electrons. The van der Waals surface area contributed by atoms with Gasteiger partial charge in [0.1, 0.15) is 0 Å². The Morgan fingerprint density at radius 1 is 0.906 bits per heavy atom. The average Bonchev–Trinajstić information content (AvgIpc) is 2.83. The van der Waals surface area contributed by atoms with E-state index in [0.717, 1.165) is 49.5 Å². The zero-order valence-electron chi connectivity index (χ0n) is 20.9. The lowest BCUT2D eigenvalue weighted by Gasteiger charge is -2.29. The third kappa shape index (κ3) is 7.49. The van der Waals surface area contributed by atoms with Crippen molar-refractivity contribution in [2.45, 2.75) is 129 Å². The van der Waals surface area contributed by atoms with Crippen LogP contribution in [0.2, 0.25) is 0 Å². The van der Waals surface area contributed by atoms with Crippen LogP contribution in [-0.4, -0.2) is 12.1 Å². The molecular weight excluding hydrogens is 392 g/mol. The second-order valence-electron chi connectivity index (χ2n) is 10.4. The SMILES string of the molecule is CCCCCCC(C)OC(=O)C1=CCC(c2ccc([C@H]3CC[C@H](CCC)CC3)cc2)CC1. The van der Waals surface area contributed by atoms with Crippen LogP contribution in [0.5, 0.6) is 0 Å². The minimum Gasteiger partial charge on any atom is -0.459 e. The molecule has 2 atom stereocenters. The molecule has 2 aliphatic rings. The van der Waals surface area contributed by atoms with E-state index in [-0.39, 0.29) is 12.1 Å². The summed E-state index contributed by atoms with van der Waals surface area (Å²) in [6, 6.07) is 9.48. The number of benzene rings is 1. The van der Waals surface area contributed by atoms with Gasteiger partial charge in [-0.1, -0.05) is 76.3 Å². The van der Waals surface area contributed by atoms with E-state index in [1.807, 2.05) is 6.92 Å². The number of carbonyl (C=O) groups is 1. The highest BCUT2D eigenvalue weighted by atomic mass is 16.5. The molecule has 0 spiro atoms. The third-order valence-electron chi connectivity index (χ3n) is 7.87. The Bertz CT molecular complexity index is 709. The average molecular weight is 439 g/mol. The van der Waals surface area contributed by atoms with Gasteiger partial charge in [-0.15, -0.1) is 0 Å². The number of unbranched alkanes of at least 4 members (excludes halogenated alkanes) is 3. The fourth-order valence-electron chi connectivity index (χ4n) is 5.73. The smallest absolute Gasteiger partial charge is 0.333 e. The molecule has 32 heavy (non-hydrogen) atoms. The number of carbonyl (C=O) groups excluding carboxylic acids is 1. The maximum Gasteiger partial charge on any atom is 0.333 e. The van der Waals surface area contributed by atoms with E-state index in [1.165, 1.54) is 68.9 Å². The van der Waals surface area contributed by atoms with Crippen LogP contribution >= 0.6 is 0 Å². The molecule has 0 aliphatic heterocycles. The maximum atomic E-state index is 12.5. The molecule has 2 nitrogen and oxygen atoms in total. The van der Waals surface area contributed by atoms with Crippen molar-refractivity contribution in [2.24, 2.45) is 5.92 Å². The number of esters is 1. The first-order valence-corrected chi connectivity index (χ1v) is 13.6. The fraction of sp³-hybridized carbons (Fsp3) is 0.700. The number of hydrogen-bond donors (Lipinski definition) is 0. The Kier molecular flexibility index (Phi) is 10.3. The van der Waals surface area contributed by atoms with Crippen molar-refractivity contribution in [3.05, 3.63) is 47.0 Å². The molecule has 1 aromatic carbocycles. The summed E-state index contributed by atoms with van der Waals surface area (Å²) in [5.74, 6) is 2.18. The van der Waals surface area contributed by atoms with Crippen LogP contribution in [0.4, 0.5) is 0 Å². The molecule has 2 aliphatic carbocycles. The number of rotatable bonds is 11. The summed E-state index contributed by atoms with van der Waals surface area (Å²) >= 11 is 0. The largest absolute Gasteiger partial charge is 0.459 e. The van der Waals surface area contributed by atoms with E-state index >= 15 is 0 Å². The molecule has 3 rings (SSSR count). The van der Waals surface area contributed by atoms with E-state index in [2.05, 4.69) is 44.2 Å². The van der Waals surface area contributed by atoms with Crippen molar-refractivity contribution in [2.75, 3.05) is 0 Å². The van der Waals surface area contributed by atoms with Gasteiger partial charge in [0, 0.05) is 5.57 Å². The summed E-state index contributed by atoms with van der Waals surface area (Å²) in [4.78, 5) is 12.5. The first-order chi connectivity index (χ1) is 15.6. The van der Waals surface area contributed by atoms with Crippen molar-refractivity contribution < 1.29 is 9.53 Å². The predicted octanol–water partition coefficient (Wildman–Crippen LogP) is 8.86. The highest BCUT2D eigenvalue weighted by Crippen LogP contribution is 2.39. The van der Waals surface area contributed by atoms with Gasteiger partial charge in [0.25, 0.3) is 0 Å². The van der Waals surface area contributed by atoms with Crippen molar-refractivity contribution in [3.8, 4) is 0 Å². The predicted molar refractivity (Wildman–Crippen MR) is 135 cm³/mol. The molecule has 2 unspecified atom stereocenters. The lowest BCUT2D eigenvalue weighted by atomic mass is 9.76. The van der Waals surface area contributed by atoms with Gasteiger partial charge in [0.15, 0.2) is 0 Å². The molecule has 0 aromatic heterocycles. The van der Waals surface area contributed by atoms with E-state index < -0.39 is 0 Å². The highest BCUT2D eigenvalue weighted by Gasteiger charge is 2.24. The second-order valence-corrected chi connectivity index (χ2v) is 10.4. The van der Waals surface area contributed by atoms with Crippen molar-refractivity contribution >= 4 is 5.97 Å². The first-order valence-electron chi connectivity index (χ1n) is 13.6. The summed E-state index contributed by atoms with van der Waals surface area (Å²) in [5.41, 5.74) is 3.86. The van der Waals surface area contributed by atoms with Crippen molar-refractivity contribution in [3.63, 3.8) is 0 Å². The molecule has 0 saturated heterocycles. The highest BCUT2D eigenvalue weighted by molar-refractivity contribution is 5.88. The van der Waals surface area contributed by atoms with Crippen LogP contribution in [0.15, 0.2) is 35.9 Å². The molecule has 0 radical (unpaired) electrons. The first kappa shape index (κ1) is 25.1. The zero-order chi connectivity index (χ0) is 22.8. The van der Waals surface area contributed by atoms with E-state index in [4.69, 9.17) is 4.74 Å². The molecule has 1 aromatic rings. The quantitative estimate of drug-likeness (QED) is 0.255. The lowest BCUT2D eigenvalue weighted by Crippen LogP contribution is -2.19. The summed E-state index contributed by atoms with van der Waals surface area (Å²) in [7, 11) is 0. The lowest BCUT2D eigenvalue weighted by molar-refractivity contribution is -0.144. The summed E-state index contributed by atoms with van der Waals surface area (Å²) < 4.78 is 5.71. The number of ether oxygens (including phenoxy) is 1. The topological polar surface area (TPSA) is 26.3 Å². The normalized spacial score (nSPS) is 24.6. The maximum absolute atomic E-state index is 12.5. The minimum absolute atomic E-state index is 0.0302. The molecule has 0 heterocycles. The summed E-state index contributed by atoms with van der Waals surface area (Å²) in [6.07, 6.45) is 19.2. The number of hydrogen-bond acceptors (Lipinski definition) is 2. The van der Waals surface area contributed by atoms with Crippen LogP contribution in [-0.2, 0) is 9.53 Å². The van der Waals surface area contributed by atoms with Crippen LogP contribution < -0.4 is 0 Å². The van der Waals surface area contributed by atoms with Gasteiger partial charge in [-0.05, 0) is 93.6 Å². The Hall–Kier alpha value is -1.57. The number of allylic oxidation sites excluding steroid dienone is 1. The van der Waals surface area contributed by atoms with Crippen LogP contribution in [0.3, 0.4) is 0 Å². The minimum atomic E-state index is -0.0829. The van der Waals surface area contributed by atoms with Gasteiger partial charge in [0.05, 0.1) is 6.10 Å². The molecule has 0 bridgehead atoms. The monoisotopic (exact) mass is 438 g/mol. The van der Waals surface area contributed by atoms with E-state index in [1.54, 1.807) is 0 Å². The van der Waals surface area contributed by atoms with Gasteiger partial charge >= 0.3 is 5.97 Å². The van der Waals surface area contributed by atoms with Crippen LogP contribution in [0.1, 0.15) is 134 Å². The van der Waals surface area contributed by atoms with Crippen molar-refractivity contribution in [1.29, 1.82) is 0 Å². The summed E-state index contributed by atoms with van der Waals surface area (Å²) in [6.45, 7) is 6.57. The van der Waals surface area contributed by atoms with Gasteiger partial charge < -0.3 is 4.74 Å². The van der Waals surface area contributed by atoms with Crippen LogP contribution in [0, 0.1) is 5.92 Å². The molecule has 2 heteroatoms. The third-order valence-corrected chi connectivity index (χ3v) is 7.87. The molecule has 1 fully saturated rings. The van der Waals surface area contributed by atoms with Crippen molar-refractivity contribution in [1.82, 2.24) is 0 Å². The zero-order valence-corrected chi connectivity index (χ0v) is 20.9. The van der Waals surface area contributed by atoms with Gasteiger partial charge in [-0.25, -0.2) is 4.79 Å². The van der Waals surface area contributed by atoms with Gasteiger partial charge in [-0.2, -0.15) is 0 Å². The van der Waals surface area contributed by atoms with Gasteiger partial charge in [-0.3, -0.25) is 0 Å². The Morgan fingerprint density at radius 3 is 2.19 bits per heavy atom. The fourth-order valence-corrected chi connectivity index (χ4v) is 5.73. The standard InChI is InChI=1S/C30H46O2/c1-4-6-7-8-10-23(3)32-30(31)29-21-19-28(20-22-29)27-17-15-26(16-18-27)25-13-11-24(9-5-2)12-14-25/h15-18,21,23-25,28H,4-14,19-20,22H2,1-3H3/t23?,24-,25-,28?. The van der Waals surface area contributed by atoms with Crippen LogP contribution in [0.25, 0.3) is 0 Å². The Morgan fingerprint density at radius 2 is 1.59 bits per heavy atom. The second kappa shape index (κ2) is 13.2. The Balaban J connectivity index is 1.44. The summed E-state index contributed by atoms with van der Waals surface area (Å²) in [5, 5.41) is 0. The van der Waals surface area contributed by atoms with Gasteiger partial charge in [0.2, 0.25) is 0 Å². The molecule has 0 amide bonds.